The zero-order valence-electron chi connectivity index (χ0n) is 15.2. The number of amides is 1. The summed E-state index contributed by atoms with van der Waals surface area (Å²) in [5.74, 6) is 0.219. The maximum atomic E-state index is 12.4. The van der Waals surface area contributed by atoms with Crippen LogP contribution in [-0.4, -0.2) is 32.5 Å². The summed E-state index contributed by atoms with van der Waals surface area (Å²) in [7, 11) is 0. The average Bonchev–Trinajstić information content (AvgIpc) is 3.18. The summed E-state index contributed by atoms with van der Waals surface area (Å²) in [5, 5.41) is 8.34. The molecule has 4 rings (SSSR count). The molecule has 0 atom stereocenters. The number of nitrogens with zero attached hydrogens (tertiary/aromatic N) is 3. The SMILES string of the molecule is CSc1cccc(NC(=O)CSc2nccn3nc(-c4ccccc4)cc23)c1. The summed E-state index contributed by atoms with van der Waals surface area (Å²) >= 11 is 3.05. The van der Waals surface area contributed by atoms with E-state index in [9.17, 15) is 4.79 Å². The number of carbonyl (C=O) groups is 1. The molecule has 1 amide bonds. The van der Waals surface area contributed by atoms with Gasteiger partial charge in [0.25, 0.3) is 0 Å². The quantitative estimate of drug-likeness (QED) is 0.464. The molecule has 0 aliphatic rings. The Morgan fingerprint density at radius 1 is 1.11 bits per heavy atom. The molecule has 0 aliphatic carbocycles. The molecule has 0 spiro atoms. The second-order valence-electron chi connectivity index (χ2n) is 6.03. The number of anilines is 1. The number of hydrogen-bond acceptors (Lipinski definition) is 5. The van der Waals surface area contributed by atoms with Crippen molar-refractivity contribution in [1.82, 2.24) is 14.6 Å². The van der Waals surface area contributed by atoms with Crippen LogP contribution in [0.25, 0.3) is 16.8 Å². The van der Waals surface area contributed by atoms with E-state index in [-0.39, 0.29) is 11.7 Å². The lowest BCUT2D eigenvalue weighted by molar-refractivity contribution is -0.113. The molecule has 0 unspecified atom stereocenters. The van der Waals surface area contributed by atoms with Gasteiger partial charge < -0.3 is 5.32 Å². The number of benzene rings is 2. The predicted molar refractivity (Wildman–Crippen MR) is 116 cm³/mol. The van der Waals surface area contributed by atoms with Gasteiger partial charge in [0.2, 0.25) is 5.91 Å². The minimum atomic E-state index is -0.0603. The molecule has 2 aromatic heterocycles. The van der Waals surface area contributed by atoms with Gasteiger partial charge in [-0.1, -0.05) is 48.2 Å². The van der Waals surface area contributed by atoms with Crippen molar-refractivity contribution in [3.63, 3.8) is 0 Å². The highest BCUT2D eigenvalue weighted by Crippen LogP contribution is 2.26. The molecule has 0 saturated carbocycles. The first-order chi connectivity index (χ1) is 13.7. The van der Waals surface area contributed by atoms with Gasteiger partial charge in [0.1, 0.15) is 5.03 Å². The van der Waals surface area contributed by atoms with Gasteiger partial charge in [0.15, 0.2) is 0 Å². The Morgan fingerprint density at radius 3 is 2.79 bits per heavy atom. The summed E-state index contributed by atoms with van der Waals surface area (Å²) < 4.78 is 1.80. The van der Waals surface area contributed by atoms with Crippen LogP contribution in [0.5, 0.6) is 0 Å². The highest BCUT2D eigenvalue weighted by molar-refractivity contribution is 8.00. The largest absolute Gasteiger partial charge is 0.325 e. The molecule has 0 fully saturated rings. The maximum absolute atomic E-state index is 12.4. The van der Waals surface area contributed by atoms with E-state index >= 15 is 0 Å². The fraction of sp³-hybridized carbons (Fsp3) is 0.0952. The van der Waals surface area contributed by atoms with Crippen LogP contribution >= 0.6 is 23.5 Å². The van der Waals surface area contributed by atoms with Crippen LogP contribution < -0.4 is 5.32 Å². The lowest BCUT2D eigenvalue weighted by atomic mass is 10.1. The van der Waals surface area contributed by atoms with E-state index in [2.05, 4.69) is 15.4 Å². The fourth-order valence-corrected chi connectivity index (χ4v) is 4.03. The van der Waals surface area contributed by atoms with Gasteiger partial charge in [-0.3, -0.25) is 4.79 Å². The van der Waals surface area contributed by atoms with Crippen LogP contribution in [0.2, 0.25) is 0 Å². The van der Waals surface area contributed by atoms with Crippen LogP contribution in [0.15, 0.2) is 83.0 Å². The van der Waals surface area contributed by atoms with Crippen LogP contribution in [0, 0.1) is 0 Å². The molecule has 0 radical (unpaired) electrons. The molecule has 2 aromatic carbocycles. The molecule has 0 bridgehead atoms. The second-order valence-corrected chi connectivity index (χ2v) is 7.87. The molecule has 0 saturated heterocycles. The van der Waals surface area contributed by atoms with Crippen molar-refractivity contribution in [1.29, 1.82) is 0 Å². The Labute approximate surface area is 171 Å². The van der Waals surface area contributed by atoms with Crippen molar-refractivity contribution >= 4 is 40.6 Å². The first-order valence-electron chi connectivity index (χ1n) is 8.69. The van der Waals surface area contributed by atoms with Gasteiger partial charge in [-0.25, -0.2) is 9.50 Å². The molecular formula is C21H18N4OS2. The Hall–Kier alpha value is -2.77. The minimum absolute atomic E-state index is 0.0603. The van der Waals surface area contributed by atoms with Crippen molar-refractivity contribution in [2.45, 2.75) is 9.92 Å². The minimum Gasteiger partial charge on any atom is -0.325 e. The van der Waals surface area contributed by atoms with E-state index in [1.165, 1.54) is 11.8 Å². The zero-order valence-corrected chi connectivity index (χ0v) is 16.8. The Bertz CT molecular complexity index is 1110. The van der Waals surface area contributed by atoms with Gasteiger partial charge in [0, 0.05) is 28.5 Å². The van der Waals surface area contributed by atoms with Crippen LogP contribution in [0.4, 0.5) is 5.69 Å². The third-order valence-electron chi connectivity index (χ3n) is 4.12. The summed E-state index contributed by atoms with van der Waals surface area (Å²) in [6.07, 6.45) is 5.54. The molecule has 7 heteroatoms. The van der Waals surface area contributed by atoms with E-state index < -0.39 is 0 Å². The van der Waals surface area contributed by atoms with E-state index in [0.717, 1.165) is 32.4 Å². The summed E-state index contributed by atoms with van der Waals surface area (Å²) in [6.45, 7) is 0. The number of hydrogen-bond donors (Lipinski definition) is 1. The van der Waals surface area contributed by atoms with E-state index in [0.29, 0.717) is 0 Å². The standard InChI is InChI=1S/C21H18N4OS2/c1-27-17-9-5-8-16(12-17)23-20(26)14-28-21-19-13-18(15-6-3-2-4-7-15)24-25(19)11-10-22-21/h2-13H,14H2,1H3,(H,23,26). The molecule has 0 aliphatic heterocycles. The Kier molecular flexibility index (Phi) is 5.64. The van der Waals surface area contributed by atoms with Crippen molar-refractivity contribution in [3.05, 3.63) is 73.1 Å². The fourth-order valence-electron chi connectivity index (χ4n) is 2.79. The predicted octanol–water partition coefficient (Wildman–Crippen LogP) is 4.85. The second kappa shape index (κ2) is 8.50. The normalized spacial score (nSPS) is 10.9. The number of rotatable bonds is 6. The summed E-state index contributed by atoms with van der Waals surface area (Å²) in [6, 6.07) is 19.8. The van der Waals surface area contributed by atoms with E-state index in [1.807, 2.05) is 73.1 Å². The van der Waals surface area contributed by atoms with Crippen LogP contribution in [0.1, 0.15) is 0 Å². The highest BCUT2D eigenvalue weighted by Gasteiger charge is 2.11. The number of thioether (sulfide) groups is 2. The number of aromatic nitrogens is 3. The first kappa shape index (κ1) is 18.6. The topological polar surface area (TPSA) is 59.3 Å². The molecule has 5 nitrogen and oxygen atoms in total. The maximum Gasteiger partial charge on any atom is 0.234 e. The number of fused-ring (bicyclic) bond motifs is 1. The van der Waals surface area contributed by atoms with Gasteiger partial charge in [-0.15, -0.1) is 11.8 Å². The van der Waals surface area contributed by atoms with Crippen LogP contribution in [0.3, 0.4) is 0 Å². The number of nitrogens with one attached hydrogen (secondary N) is 1. The molecule has 2 heterocycles. The highest BCUT2D eigenvalue weighted by atomic mass is 32.2. The van der Waals surface area contributed by atoms with Crippen molar-refractivity contribution in [3.8, 4) is 11.3 Å². The van der Waals surface area contributed by atoms with Gasteiger partial charge in [0.05, 0.1) is 17.0 Å². The zero-order chi connectivity index (χ0) is 19.3. The van der Waals surface area contributed by atoms with Gasteiger partial charge in [-0.05, 0) is 30.5 Å². The third-order valence-corrected chi connectivity index (χ3v) is 5.84. The smallest absolute Gasteiger partial charge is 0.234 e. The van der Waals surface area contributed by atoms with Gasteiger partial charge in [-0.2, -0.15) is 5.10 Å². The van der Waals surface area contributed by atoms with E-state index in [1.54, 1.807) is 22.5 Å². The first-order valence-corrected chi connectivity index (χ1v) is 10.9. The van der Waals surface area contributed by atoms with Gasteiger partial charge >= 0.3 is 0 Å². The summed E-state index contributed by atoms with van der Waals surface area (Å²) in [5.41, 5.74) is 3.63. The summed E-state index contributed by atoms with van der Waals surface area (Å²) in [4.78, 5) is 17.9. The molecule has 4 aromatic rings. The van der Waals surface area contributed by atoms with Crippen LogP contribution in [-0.2, 0) is 4.79 Å². The van der Waals surface area contributed by atoms with Crippen molar-refractivity contribution in [2.75, 3.05) is 17.3 Å². The lowest BCUT2D eigenvalue weighted by Crippen LogP contribution is -2.14. The molecule has 1 N–H and O–H groups in total. The van der Waals surface area contributed by atoms with Crippen molar-refractivity contribution in [2.24, 2.45) is 0 Å². The Morgan fingerprint density at radius 2 is 1.96 bits per heavy atom. The average molecular weight is 407 g/mol. The number of carbonyl (C=O) groups excluding carboxylic acids is 1. The molecule has 28 heavy (non-hydrogen) atoms. The molecule has 140 valence electrons. The monoisotopic (exact) mass is 406 g/mol. The lowest BCUT2D eigenvalue weighted by Gasteiger charge is -2.06. The van der Waals surface area contributed by atoms with E-state index in [4.69, 9.17) is 0 Å². The van der Waals surface area contributed by atoms with Crippen molar-refractivity contribution < 1.29 is 4.79 Å². The molecular weight excluding hydrogens is 388 g/mol. The Balaban J connectivity index is 1.48. The third kappa shape index (κ3) is 4.21.